The second kappa shape index (κ2) is 7.05. The van der Waals surface area contributed by atoms with E-state index in [2.05, 4.69) is 0 Å². The lowest BCUT2D eigenvalue weighted by molar-refractivity contribution is -0.144. The maximum absolute atomic E-state index is 13.6. The summed E-state index contributed by atoms with van der Waals surface area (Å²) < 4.78 is 18.6. The van der Waals surface area contributed by atoms with Gasteiger partial charge in [0.1, 0.15) is 5.82 Å². The fourth-order valence-corrected chi connectivity index (χ4v) is 1.76. The molecule has 1 rings (SSSR count). The monoisotopic (exact) mass is 238 g/mol. The SMILES string of the molecule is CCCOC(=O)CC(CC)c1ccccc1F. The molecule has 0 heterocycles. The number of esters is 1. The summed E-state index contributed by atoms with van der Waals surface area (Å²) in [6.07, 6.45) is 1.78. The zero-order valence-electron chi connectivity index (χ0n) is 10.4. The summed E-state index contributed by atoms with van der Waals surface area (Å²) in [6, 6.07) is 6.60. The van der Waals surface area contributed by atoms with E-state index in [1.165, 1.54) is 6.07 Å². The number of benzene rings is 1. The van der Waals surface area contributed by atoms with Gasteiger partial charge in [-0.25, -0.2) is 4.39 Å². The molecule has 0 amide bonds. The van der Waals surface area contributed by atoms with E-state index >= 15 is 0 Å². The maximum Gasteiger partial charge on any atom is 0.306 e. The molecule has 1 atom stereocenters. The van der Waals surface area contributed by atoms with Crippen LogP contribution in [0.2, 0.25) is 0 Å². The van der Waals surface area contributed by atoms with E-state index in [0.717, 1.165) is 12.8 Å². The van der Waals surface area contributed by atoms with Crippen molar-refractivity contribution in [3.63, 3.8) is 0 Å². The zero-order valence-corrected chi connectivity index (χ0v) is 10.4. The molecule has 3 heteroatoms. The second-order valence-electron chi connectivity index (χ2n) is 4.05. The molecule has 0 spiro atoms. The van der Waals surface area contributed by atoms with Crippen molar-refractivity contribution >= 4 is 5.97 Å². The van der Waals surface area contributed by atoms with E-state index in [1.54, 1.807) is 18.2 Å². The van der Waals surface area contributed by atoms with Crippen molar-refractivity contribution in [1.82, 2.24) is 0 Å². The lowest BCUT2D eigenvalue weighted by atomic mass is 9.93. The smallest absolute Gasteiger partial charge is 0.306 e. The summed E-state index contributed by atoms with van der Waals surface area (Å²) in [6.45, 7) is 4.33. The summed E-state index contributed by atoms with van der Waals surface area (Å²) in [4.78, 5) is 11.5. The van der Waals surface area contributed by atoms with E-state index in [1.807, 2.05) is 13.8 Å². The molecule has 0 aromatic heterocycles. The van der Waals surface area contributed by atoms with Crippen LogP contribution in [0.4, 0.5) is 4.39 Å². The van der Waals surface area contributed by atoms with Gasteiger partial charge >= 0.3 is 5.97 Å². The number of ether oxygens (including phenoxy) is 1. The number of rotatable bonds is 6. The highest BCUT2D eigenvalue weighted by atomic mass is 19.1. The molecule has 2 nitrogen and oxygen atoms in total. The van der Waals surface area contributed by atoms with Crippen LogP contribution in [0, 0.1) is 5.82 Å². The Morgan fingerprint density at radius 1 is 1.35 bits per heavy atom. The molecule has 0 saturated carbocycles. The molecule has 0 saturated heterocycles. The van der Waals surface area contributed by atoms with Crippen LogP contribution in [-0.2, 0) is 9.53 Å². The van der Waals surface area contributed by atoms with Gasteiger partial charge in [0.05, 0.1) is 13.0 Å². The number of halogens is 1. The maximum atomic E-state index is 13.6. The largest absolute Gasteiger partial charge is 0.466 e. The lowest BCUT2D eigenvalue weighted by Crippen LogP contribution is -2.11. The topological polar surface area (TPSA) is 26.3 Å². The summed E-state index contributed by atoms with van der Waals surface area (Å²) in [5, 5.41) is 0. The van der Waals surface area contributed by atoms with Gasteiger partial charge in [0.15, 0.2) is 0 Å². The Morgan fingerprint density at radius 3 is 2.65 bits per heavy atom. The number of carbonyl (C=O) groups is 1. The standard InChI is InChI=1S/C14H19FO2/c1-3-9-17-14(16)10-11(4-2)12-7-5-6-8-13(12)15/h5-8,11H,3-4,9-10H2,1-2H3. The van der Waals surface area contributed by atoms with Crippen LogP contribution in [0.25, 0.3) is 0 Å². The first-order chi connectivity index (χ1) is 8.19. The van der Waals surface area contributed by atoms with Gasteiger partial charge in [0, 0.05) is 0 Å². The fraction of sp³-hybridized carbons (Fsp3) is 0.500. The van der Waals surface area contributed by atoms with Crippen molar-refractivity contribution in [3.8, 4) is 0 Å². The van der Waals surface area contributed by atoms with Gasteiger partial charge in [-0.2, -0.15) is 0 Å². The first-order valence-electron chi connectivity index (χ1n) is 6.09. The molecule has 0 aliphatic carbocycles. The molecule has 1 aromatic rings. The normalized spacial score (nSPS) is 12.2. The highest BCUT2D eigenvalue weighted by Crippen LogP contribution is 2.25. The minimum Gasteiger partial charge on any atom is -0.466 e. The quantitative estimate of drug-likeness (QED) is 0.707. The Hall–Kier alpha value is -1.38. The molecule has 0 aliphatic rings. The summed E-state index contributed by atoms with van der Waals surface area (Å²) in [7, 11) is 0. The van der Waals surface area contributed by atoms with Crippen molar-refractivity contribution in [2.24, 2.45) is 0 Å². The minimum absolute atomic E-state index is 0.0967. The van der Waals surface area contributed by atoms with Crippen LogP contribution in [0.15, 0.2) is 24.3 Å². The van der Waals surface area contributed by atoms with Gasteiger partial charge in [0.25, 0.3) is 0 Å². The van der Waals surface area contributed by atoms with Crippen molar-refractivity contribution in [2.75, 3.05) is 6.61 Å². The van der Waals surface area contributed by atoms with Gasteiger partial charge in [-0.1, -0.05) is 32.0 Å². The molecule has 0 bridgehead atoms. The fourth-order valence-electron chi connectivity index (χ4n) is 1.76. The van der Waals surface area contributed by atoms with Crippen molar-refractivity contribution in [2.45, 2.75) is 39.0 Å². The van der Waals surface area contributed by atoms with E-state index in [0.29, 0.717) is 12.2 Å². The molecule has 94 valence electrons. The van der Waals surface area contributed by atoms with Crippen LogP contribution >= 0.6 is 0 Å². The molecular formula is C14H19FO2. The van der Waals surface area contributed by atoms with Crippen molar-refractivity contribution in [1.29, 1.82) is 0 Å². The second-order valence-corrected chi connectivity index (χ2v) is 4.05. The van der Waals surface area contributed by atoms with Gasteiger partial charge < -0.3 is 4.74 Å². The van der Waals surface area contributed by atoms with Gasteiger partial charge in [0.2, 0.25) is 0 Å². The molecular weight excluding hydrogens is 219 g/mol. The molecule has 0 radical (unpaired) electrons. The Bertz CT molecular complexity index is 363. The first kappa shape index (κ1) is 13.7. The van der Waals surface area contributed by atoms with Gasteiger partial charge in [-0.15, -0.1) is 0 Å². The van der Waals surface area contributed by atoms with Crippen LogP contribution in [0.1, 0.15) is 44.6 Å². The lowest BCUT2D eigenvalue weighted by Gasteiger charge is -2.15. The summed E-state index contributed by atoms with van der Waals surface area (Å²) >= 11 is 0. The van der Waals surface area contributed by atoms with E-state index in [-0.39, 0.29) is 24.1 Å². The van der Waals surface area contributed by atoms with Crippen LogP contribution in [0.3, 0.4) is 0 Å². The number of hydrogen-bond acceptors (Lipinski definition) is 2. The van der Waals surface area contributed by atoms with E-state index in [4.69, 9.17) is 4.74 Å². The van der Waals surface area contributed by atoms with Crippen molar-refractivity contribution in [3.05, 3.63) is 35.6 Å². The Labute approximate surface area is 102 Å². The summed E-state index contributed by atoms with van der Waals surface area (Å²) in [5.41, 5.74) is 0.600. The molecule has 0 aliphatic heterocycles. The molecule has 17 heavy (non-hydrogen) atoms. The predicted octanol–water partition coefficient (Wildman–Crippen LogP) is 3.66. The van der Waals surface area contributed by atoms with E-state index in [9.17, 15) is 9.18 Å². The van der Waals surface area contributed by atoms with Crippen LogP contribution in [-0.4, -0.2) is 12.6 Å². The highest BCUT2D eigenvalue weighted by Gasteiger charge is 2.17. The zero-order chi connectivity index (χ0) is 12.7. The third-order valence-electron chi connectivity index (χ3n) is 2.72. The van der Waals surface area contributed by atoms with Gasteiger partial charge in [-0.05, 0) is 30.4 Å². The number of hydrogen-bond donors (Lipinski definition) is 0. The van der Waals surface area contributed by atoms with Crippen LogP contribution in [0.5, 0.6) is 0 Å². The molecule has 1 unspecified atom stereocenters. The number of carbonyl (C=O) groups excluding carboxylic acids is 1. The molecule has 0 fully saturated rings. The predicted molar refractivity (Wildman–Crippen MR) is 65.3 cm³/mol. The average Bonchev–Trinajstić information content (AvgIpc) is 2.34. The van der Waals surface area contributed by atoms with E-state index < -0.39 is 0 Å². The van der Waals surface area contributed by atoms with Crippen molar-refractivity contribution < 1.29 is 13.9 Å². The van der Waals surface area contributed by atoms with Crippen LogP contribution < -0.4 is 0 Å². The molecule has 1 aromatic carbocycles. The average molecular weight is 238 g/mol. The Kier molecular flexibility index (Phi) is 5.67. The third-order valence-corrected chi connectivity index (χ3v) is 2.72. The minimum atomic E-state index is -0.248. The summed E-state index contributed by atoms with van der Waals surface area (Å²) in [5.74, 6) is -0.592. The molecule has 0 N–H and O–H groups in total. The Morgan fingerprint density at radius 2 is 2.06 bits per heavy atom. The first-order valence-corrected chi connectivity index (χ1v) is 6.09. The third kappa shape index (κ3) is 4.17. The van der Waals surface area contributed by atoms with Gasteiger partial charge in [-0.3, -0.25) is 4.79 Å². The highest BCUT2D eigenvalue weighted by molar-refractivity contribution is 5.70. The Balaban J connectivity index is 2.66.